The summed E-state index contributed by atoms with van der Waals surface area (Å²) in [5.41, 5.74) is -0.216. The summed E-state index contributed by atoms with van der Waals surface area (Å²) >= 11 is 11.2. The Kier molecular flexibility index (Phi) is 5.16. The van der Waals surface area contributed by atoms with E-state index >= 15 is 0 Å². The van der Waals surface area contributed by atoms with Crippen molar-refractivity contribution in [1.29, 1.82) is 0 Å². The second-order valence-corrected chi connectivity index (χ2v) is 4.33. The fourth-order valence-corrected chi connectivity index (χ4v) is 1.72. The van der Waals surface area contributed by atoms with Crippen LogP contribution >= 0.6 is 23.2 Å². The van der Waals surface area contributed by atoms with Crippen LogP contribution in [0.1, 0.15) is 16.8 Å². The minimum Gasteiger partial charge on any atom is -0.480 e. The zero-order chi connectivity index (χ0) is 14.6. The maximum Gasteiger partial charge on any atom is 0.327 e. The predicted molar refractivity (Wildman–Crippen MR) is 68.8 cm³/mol. The van der Waals surface area contributed by atoms with Crippen LogP contribution in [0.25, 0.3) is 0 Å². The molecule has 0 radical (unpaired) electrons. The number of hydrogen-bond acceptors (Lipinski definition) is 2. The van der Waals surface area contributed by atoms with Gasteiger partial charge < -0.3 is 10.4 Å². The summed E-state index contributed by atoms with van der Waals surface area (Å²) in [7, 11) is 0. The van der Waals surface area contributed by atoms with Gasteiger partial charge in [-0.2, -0.15) is 0 Å². The minimum absolute atomic E-state index is 0.0891. The Bertz CT molecular complexity index is 569. The van der Waals surface area contributed by atoms with E-state index in [0.29, 0.717) is 0 Å². The van der Waals surface area contributed by atoms with Crippen molar-refractivity contribution in [3.63, 3.8) is 0 Å². The quantitative estimate of drug-likeness (QED) is 0.663. The maximum atomic E-state index is 13.2. The van der Waals surface area contributed by atoms with E-state index in [9.17, 15) is 14.0 Å². The number of rotatable bonds is 4. The van der Waals surface area contributed by atoms with Crippen molar-refractivity contribution < 1.29 is 19.1 Å². The molecular weight excluding hydrogens is 296 g/mol. The van der Waals surface area contributed by atoms with Crippen LogP contribution in [0.3, 0.4) is 0 Å². The first kappa shape index (κ1) is 15.3. The lowest BCUT2D eigenvalue weighted by Crippen LogP contribution is -2.40. The van der Waals surface area contributed by atoms with Crippen LogP contribution in [0.2, 0.25) is 10.0 Å². The number of carbonyl (C=O) groups is 2. The Labute approximate surface area is 118 Å². The highest BCUT2D eigenvalue weighted by Crippen LogP contribution is 2.24. The highest BCUT2D eigenvalue weighted by atomic mass is 35.5. The normalized spacial score (nSPS) is 11.5. The second-order valence-electron chi connectivity index (χ2n) is 3.52. The first-order valence-electron chi connectivity index (χ1n) is 4.98. The summed E-state index contributed by atoms with van der Waals surface area (Å²) in [4.78, 5) is 22.6. The van der Waals surface area contributed by atoms with Crippen molar-refractivity contribution in [2.45, 2.75) is 12.5 Å². The average molecular weight is 304 g/mol. The van der Waals surface area contributed by atoms with Gasteiger partial charge in [0.1, 0.15) is 11.9 Å². The lowest BCUT2D eigenvalue weighted by atomic mass is 10.1. The van der Waals surface area contributed by atoms with Gasteiger partial charge in [0, 0.05) is 6.42 Å². The number of hydrogen-bond donors (Lipinski definition) is 2. The summed E-state index contributed by atoms with van der Waals surface area (Å²) in [5.74, 6) is -0.855. The third-order valence-electron chi connectivity index (χ3n) is 2.18. The molecule has 1 aromatic carbocycles. The molecule has 7 heteroatoms. The molecule has 19 heavy (non-hydrogen) atoms. The van der Waals surface area contributed by atoms with Gasteiger partial charge in [-0.3, -0.25) is 4.79 Å². The van der Waals surface area contributed by atoms with Crippen molar-refractivity contribution >= 4 is 35.1 Å². The van der Waals surface area contributed by atoms with Crippen LogP contribution in [-0.2, 0) is 4.79 Å². The second kappa shape index (κ2) is 6.41. The lowest BCUT2D eigenvalue weighted by Gasteiger charge is -2.12. The number of carboxylic acids is 1. The van der Waals surface area contributed by atoms with Gasteiger partial charge in [0.25, 0.3) is 5.91 Å². The van der Waals surface area contributed by atoms with E-state index < -0.39 is 23.7 Å². The summed E-state index contributed by atoms with van der Waals surface area (Å²) < 4.78 is 13.2. The number of carboxylic acid groups (broad SMARTS) is 1. The van der Waals surface area contributed by atoms with E-state index in [4.69, 9.17) is 34.7 Å². The van der Waals surface area contributed by atoms with Crippen LogP contribution in [0.5, 0.6) is 0 Å². The zero-order valence-corrected chi connectivity index (χ0v) is 10.9. The molecule has 0 saturated heterocycles. The first-order valence-corrected chi connectivity index (χ1v) is 5.74. The zero-order valence-electron chi connectivity index (χ0n) is 9.41. The Morgan fingerprint density at radius 1 is 1.42 bits per heavy atom. The molecule has 4 nitrogen and oxygen atoms in total. The number of halogens is 3. The van der Waals surface area contributed by atoms with Crippen LogP contribution in [-0.4, -0.2) is 23.0 Å². The van der Waals surface area contributed by atoms with Crippen molar-refractivity contribution in [2.24, 2.45) is 0 Å². The average Bonchev–Trinajstić information content (AvgIpc) is 2.32. The van der Waals surface area contributed by atoms with Gasteiger partial charge in [0.2, 0.25) is 0 Å². The van der Waals surface area contributed by atoms with Gasteiger partial charge in [-0.25, -0.2) is 9.18 Å². The van der Waals surface area contributed by atoms with Crippen LogP contribution in [0.4, 0.5) is 4.39 Å². The molecule has 100 valence electrons. The molecule has 1 amide bonds. The number of benzene rings is 1. The Hall–Kier alpha value is -1.77. The van der Waals surface area contributed by atoms with Gasteiger partial charge >= 0.3 is 5.97 Å². The molecule has 1 rings (SSSR count). The molecule has 0 bridgehead atoms. The van der Waals surface area contributed by atoms with E-state index in [1.165, 1.54) is 0 Å². The molecule has 0 heterocycles. The van der Waals surface area contributed by atoms with E-state index in [0.717, 1.165) is 12.1 Å². The first-order chi connectivity index (χ1) is 8.86. The number of terminal acetylenes is 1. The van der Waals surface area contributed by atoms with Crippen LogP contribution < -0.4 is 5.32 Å². The Morgan fingerprint density at radius 2 is 2.05 bits per heavy atom. The van der Waals surface area contributed by atoms with Crippen molar-refractivity contribution in [2.75, 3.05) is 0 Å². The highest BCUT2D eigenvalue weighted by Gasteiger charge is 2.21. The maximum absolute atomic E-state index is 13.2. The Balaban J connectivity index is 2.98. The summed E-state index contributed by atoms with van der Waals surface area (Å²) in [6.07, 6.45) is 4.79. The molecule has 0 aromatic heterocycles. The monoisotopic (exact) mass is 303 g/mol. The number of aliphatic carboxylic acids is 1. The van der Waals surface area contributed by atoms with Gasteiger partial charge in [0.15, 0.2) is 0 Å². The summed E-state index contributed by atoms with van der Waals surface area (Å²) in [6.45, 7) is 0. The molecule has 0 aliphatic heterocycles. The van der Waals surface area contributed by atoms with Crippen LogP contribution in [0.15, 0.2) is 12.1 Å². The fraction of sp³-hybridized carbons (Fsp3) is 0.167. The van der Waals surface area contributed by atoms with E-state index in [2.05, 4.69) is 11.2 Å². The molecule has 0 fully saturated rings. The van der Waals surface area contributed by atoms with Gasteiger partial charge in [-0.15, -0.1) is 12.3 Å². The van der Waals surface area contributed by atoms with Gasteiger partial charge in [-0.1, -0.05) is 23.2 Å². The number of nitrogens with one attached hydrogen (secondary N) is 1. The summed E-state index contributed by atoms with van der Waals surface area (Å²) in [5, 5.41) is 10.7. The third kappa shape index (κ3) is 3.85. The van der Waals surface area contributed by atoms with E-state index in [1.807, 2.05) is 0 Å². The van der Waals surface area contributed by atoms with Gasteiger partial charge in [-0.05, 0) is 12.1 Å². The van der Waals surface area contributed by atoms with Crippen molar-refractivity contribution in [3.05, 3.63) is 33.6 Å². The molecule has 0 aliphatic rings. The molecule has 1 unspecified atom stereocenters. The third-order valence-corrected chi connectivity index (χ3v) is 2.78. The molecule has 1 aromatic rings. The highest BCUT2D eigenvalue weighted by molar-refractivity contribution is 6.36. The van der Waals surface area contributed by atoms with E-state index in [1.54, 1.807) is 0 Å². The van der Waals surface area contributed by atoms with Crippen LogP contribution in [0, 0.1) is 18.2 Å². The topological polar surface area (TPSA) is 66.4 Å². The largest absolute Gasteiger partial charge is 0.480 e. The predicted octanol–water partition coefficient (Wildman–Crippen LogP) is 2.34. The SMILES string of the molecule is C#CCC(NC(=O)c1cc(F)c(Cl)cc1Cl)C(=O)O. The summed E-state index contributed by atoms with van der Waals surface area (Å²) in [6, 6.07) is 0.617. The van der Waals surface area contributed by atoms with Gasteiger partial charge in [0.05, 0.1) is 15.6 Å². The van der Waals surface area contributed by atoms with Crippen molar-refractivity contribution in [1.82, 2.24) is 5.32 Å². The molecular formula is C12H8Cl2FNO3. The molecule has 0 aliphatic carbocycles. The molecule has 0 spiro atoms. The molecule has 2 N–H and O–H groups in total. The van der Waals surface area contributed by atoms with E-state index in [-0.39, 0.29) is 22.0 Å². The standard InChI is InChI=1S/C12H8Cl2FNO3/c1-2-3-10(12(18)19)16-11(17)6-4-9(15)8(14)5-7(6)13/h1,4-5,10H,3H2,(H,16,17)(H,18,19). The number of carbonyl (C=O) groups excluding carboxylic acids is 1. The van der Waals surface area contributed by atoms with Crippen molar-refractivity contribution in [3.8, 4) is 12.3 Å². The fourth-order valence-electron chi connectivity index (χ4n) is 1.25. The lowest BCUT2D eigenvalue weighted by molar-refractivity contribution is -0.139. The molecule has 1 atom stereocenters. The minimum atomic E-state index is -1.29. The Morgan fingerprint density at radius 3 is 2.58 bits per heavy atom. The molecule has 0 saturated carbocycles. The number of amides is 1. The smallest absolute Gasteiger partial charge is 0.327 e.